The van der Waals surface area contributed by atoms with Gasteiger partial charge < -0.3 is 9.47 Å². The van der Waals surface area contributed by atoms with Crippen molar-refractivity contribution in [2.24, 2.45) is 4.99 Å². The van der Waals surface area contributed by atoms with Gasteiger partial charge in [-0.1, -0.05) is 56.9 Å². The van der Waals surface area contributed by atoms with Gasteiger partial charge in [-0.15, -0.1) is 6.42 Å². The third-order valence-electron chi connectivity index (χ3n) is 5.27. The maximum Gasteiger partial charge on any atom is 0.338 e. The molecule has 2 aromatic carbocycles. The van der Waals surface area contributed by atoms with Crippen LogP contribution in [0.4, 0.5) is 0 Å². The molecule has 35 heavy (non-hydrogen) atoms. The number of ether oxygens (including phenoxy) is 2. The topological polar surface area (TPSA) is 69.9 Å². The molecule has 0 N–H and O–H groups in total. The van der Waals surface area contributed by atoms with Crippen molar-refractivity contribution in [3.05, 3.63) is 94.0 Å². The van der Waals surface area contributed by atoms with Crippen molar-refractivity contribution < 1.29 is 14.3 Å². The molecule has 1 atom stereocenters. The van der Waals surface area contributed by atoms with Gasteiger partial charge in [-0.3, -0.25) is 9.36 Å². The molecule has 0 saturated heterocycles. The van der Waals surface area contributed by atoms with E-state index in [1.54, 1.807) is 50.3 Å². The minimum atomic E-state index is -0.704. The first kappa shape index (κ1) is 25.0. The van der Waals surface area contributed by atoms with Crippen LogP contribution in [0.3, 0.4) is 0 Å². The molecular weight excluding hydrogens is 552 g/mol. The number of hydrogen-bond acceptors (Lipinski definition) is 6. The minimum Gasteiger partial charge on any atom is -0.480 e. The largest absolute Gasteiger partial charge is 0.480 e. The van der Waals surface area contributed by atoms with E-state index in [4.69, 9.17) is 27.5 Å². The maximum absolute atomic E-state index is 13.7. The SMILES string of the molecule is C#CCOc1ccc(Br)cc1/C=c1\sc2n(c1=O)[C@@H](c1ccc(Cl)cc1)C(C(=O)OCC)=C(C)N=2. The third-order valence-corrected chi connectivity index (χ3v) is 7.00. The van der Waals surface area contributed by atoms with Crippen LogP contribution >= 0.6 is 38.9 Å². The predicted molar refractivity (Wildman–Crippen MR) is 140 cm³/mol. The van der Waals surface area contributed by atoms with Crippen molar-refractivity contribution in [1.82, 2.24) is 4.57 Å². The van der Waals surface area contributed by atoms with Crippen LogP contribution in [0.2, 0.25) is 5.02 Å². The third kappa shape index (κ3) is 5.13. The first-order chi connectivity index (χ1) is 16.8. The molecule has 1 aromatic heterocycles. The fourth-order valence-electron chi connectivity index (χ4n) is 3.78. The van der Waals surface area contributed by atoms with Crippen molar-refractivity contribution in [2.75, 3.05) is 13.2 Å². The normalized spacial score (nSPS) is 15.3. The van der Waals surface area contributed by atoms with E-state index in [1.165, 1.54) is 15.9 Å². The molecule has 1 aliphatic rings. The summed E-state index contributed by atoms with van der Waals surface area (Å²) in [6, 6.07) is 11.8. The lowest BCUT2D eigenvalue weighted by Crippen LogP contribution is -2.39. The molecule has 9 heteroatoms. The molecule has 0 radical (unpaired) electrons. The average molecular weight is 572 g/mol. The molecular formula is C26H20BrClN2O4S. The van der Waals surface area contributed by atoms with Gasteiger partial charge in [0.1, 0.15) is 12.4 Å². The second-order valence-corrected chi connectivity index (χ2v) is 9.89. The summed E-state index contributed by atoms with van der Waals surface area (Å²) in [4.78, 5) is 31.7. The van der Waals surface area contributed by atoms with Crippen molar-refractivity contribution in [3.63, 3.8) is 0 Å². The molecule has 0 spiro atoms. The zero-order chi connectivity index (χ0) is 25.1. The maximum atomic E-state index is 13.7. The highest BCUT2D eigenvalue weighted by Crippen LogP contribution is 2.31. The summed E-state index contributed by atoms with van der Waals surface area (Å²) in [6.45, 7) is 3.78. The smallest absolute Gasteiger partial charge is 0.338 e. The number of allylic oxidation sites excluding steroid dienone is 1. The lowest BCUT2D eigenvalue weighted by atomic mass is 9.96. The monoisotopic (exact) mass is 570 g/mol. The summed E-state index contributed by atoms with van der Waals surface area (Å²) in [5, 5.41) is 0.550. The molecule has 178 valence electrons. The summed E-state index contributed by atoms with van der Waals surface area (Å²) in [6.07, 6.45) is 7.08. The lowest BCUT2D eigenvalue weighted by Gasteiger charge is -2.24. The fourth-order valence-corrected chi connectivity index (χ4v) is 5.32. The summed E-state index contributed by atoms with van der Waals surface area (Å²) < 4.78 is 13.7. The Morgan fingerprint density at radius 3 is 2.74 bits per heavy atom. The summed E-state index contributed by atoms with van der Waals surface area (Å²) in [5.41, 5.74) is 1.93. The number of thiazole rings is 1. The molecule has 0 fully saturated rings. The summed E-state index contributed by atoms with van der Waals surface area (Å²) in [7, 11) is 0. The summed E-state index contributed by atoms with van der Waals surface area (Å²) in [5.74, 6) is 2.48. The second-order valence-electron chi connectivity index (χ2n) is 7.53. The molecule has 0 unspecified atom stereocenters. The van der Waals surface area contributed by atoms with E-state index in [0.717, 1.165) is 10.0 Å². The fraction of sp³-hybridized carbons (Fsp3) is 0.192. The molecule has 2 heterocycles. The average Bonchev–Trinajstić information content (AvgIpc) is 3.12. The van der Waals surface area contributed by atoms with Crippen LogP contribution in [0.1, 0.15) is 31.0 Å². The Kier molecular flexibility index (Phi) is 7.60. The molecule has 4 rings (SSSR count). The predicted octanol–water partition coefficient (Wildman–Crippen LogP) is 4.23. The number of fused-ring (bicyclic) bond motifs is 1. The number of rotatable bonds is 6. The van der Waals surface area contributed by atoms with Crippen LogP contribution in [0.25, 0.3) is 6.08 Å². The van der Waals surface area contributed by atoms with Gasteiger partial charge >= 0.3 is 5.97 Å². The number of esters is 1. The number of hydrogen-bond donors (Lipinski definition) is 0. The zero-order valence-electron chi connectivity index (χ0n) is 18.9. The molecule has 0 amide bonds. The van der Waals surface area contributed by atoms with E-state index >= 15 is 0 Å². The van der Waals surface area contributed by atoms with Gasteiger partial charge in [0.2, 0.25) is 0 Å². The Labute approximate surface area is 219 Å². The number of benzene rings is 2. The standard InChI is InChI=1S/C26H20BrClN2O4S/c1-4-12-34-20-11-8-18(27)13-17(20)14-21-24(31)30-23(16-6-9-19(28)10-7-16)22(25(32)33-5-2)15(3)29-26(30)35-21/h1,6-11,13-14,23H,5,12H2,2-3H3/b21-14-/t23-/m0/s1. The number of carbonyl (C=O) groups is 1. The Hall–Kier alpha value is -3.12. The molecule has 0 bridgehead atoms. The Morgan fingerprint density at radius 2 is 2.06 bits per heavy atom. The number of halogens is 2. The van der Waals surface area contributed by atoms with Crippen molar-refractivity contribution in [1.29, 1.82) is 0 Å². The van der Waals surface area contributed by atoms with Gasteiger partial charge in [0, 0.05) is 15.1 Å². The number of terminal acetylenes is 1. The van der Waals surface area contributed by atoms with Gasteiger partial charge in [0.15, 0.2) is 4.80 Å². The van der Waals surface area contributed by atoms with E-state index < -0.39 is 12.0 Å². The van der Waals surface area contributed by atoms with Crippen LogP contribution in [0, 0.1) is 12.3 Å². The van der Waals surface area contributed by atoms with Crippen LogP contribution in [0.15, 0.2) is 68.0 Å². The Bertz CT molecular complexity index is 1550. The summed E-state index contributed by atoms with van der Waals surface area (Å²) >= 11 is 10.8. The minimum absolute atomic E-state index is 0.0996. The van der Waals surface area contributed by atoms with E-state index in [-0.39, 0.29) is 18.8 Å². The van der Waals surface area contributed by atoms with Gasteiger partial charge in [0.05, 0.1) is 28.5 Å². The van der Waals surface area contributed by atoms with Crippen LogP contribution in [-0.4, -0.2) is 23.8 Å². The highest BCUT2D eigenvalue weighted by molar-refractivity contribution is 9.10. The second kappa shape index (κ2) is 10.6. The Morgan fingerprint density at radius 1 is 1.31 bits per heavy atom. The first-order valence-corrected chi connectivity index (χ1v) is 12.6. The highest BCUT2D eigenvalue weighted by Gasteiger charge is 2.33. The van der Waals surface area contributed by atoms with E-state index in [9.17, 15) is 9.59 Å². The number of nitrogens with zero attached hydrogens (tertiary/aromatic N) is 2. The van der Waals surface area contributed by atoms with Crippen molar-refractivity contribution in [2.45, 2.75) is 19.9 Å². The van der Waals surface area contributed by atoms with Gasteiger partial charge in [-0.2, -0.15) is 0 Å². The van der Waals surface area contributed by atoms with Crippen molar-refractivity contribution >= 4 is 50.9 Å². The van der Waals surface area contributed by atoms with Gasteiger partial charge in [0.25, 0.3) is 5.56 Å². The van der Waals surface area contributed by atoms with E-state index in [0.29, 0.717) is 36.9 Å². The highest BCUT2D eigenvalue weighted by atomic mass is 79.9. The zero-order valence-corrected chi connectivity index (χ0v) is 22.0. The molecule has 0 saturated carbocycles. The molecule has 6 nitrogen and oxygen atoms in total. The quantitative estimate of drug-likeness (QED) is 0.328. The molecule has 3 aromatic rings. The van der Waals surface area contributed by atoms with Crippen molar-refractivity contribution in [3.8, 4) is 18.1 Å². The first-order valence-electron chi connectivity index (χ1n) is 10.6. The molecule has 1 aliphatic heterocycles. The molecule has 0 aliphatic carbocycles. The number of carbonyl (C=O) groups excluding carboxylic acids is 1. The van der Waals surface area contributed by atoms with Crippen LogP contribution in [-0.2, 0) is 9.53 Å². The van der Waals surface area contributed by atoms with Crippen LogP contribution in [0.5, 0.6) is 5.75 Å². The van der Waals surface area contributed by atoms with Crippen LogP contribution < -0.4 is 19.6 Å². The lowest BCUT2D eigenvalue weighted by molar-refractivity contribution is -0.139. The number of aromatic nitrogens is 1. The Balaban J connectivity index is 1.94. The van der Waals surface area contributed by atoms with Gasteiger partial charge in [-0.25, -0.2) is 9.79 Å². The van der Waals surface area contributed by atoms with E-state index in [1.807, 2.05) is 12.1 Å². The van der Waals surface area contributed by atoms with E-state index in [2.05, 4.69) is 26.8 Å². The van der Waals surface area contributed by atoms with Gasteiger partial charge in [-0.05, 0) is 55.8 Å².